The number of anilines is 1. The Labute approximate surface area is 207 Å². The van der Waals surface area contributed by atoms with Gasteiger partial charge >= 0.3 is 0 Å². The van der Waals surface area contributed by atoms with Gasteiger partial charge in [0.15, 0.2) is 11.4 Å². The SMILES string of the molecule is COc1ccc(F)c(Cl)c1[C@@H](C)Oc1c(N)ncc2c(C3=CCN(C(=O)C(C)(C)N)CC3)coc12. The van der Waals surface area contributed by atoms with Crippen LogP contribution < -0.4 is 20.9 Å². The molecule has 0 fully saturated rings. The zero-order valence-electron chi connectivity index (χ0n) is 20.0. The van der Waals surface area contributed by atoms with Crippen molar-refractivity contribution in [1.82, 2.24) is 9.88 Å². The van der Waals surface area contributed by atoms with Gasteiger partial charge in [-0.15, -0.1) is 0 Å². The molecule has 1 aliphatic heterocycles. The Morgan fingerprint density at radius 3 is 2.74 bits per heavy atom. The number of benzene rings is 1. The molecule has 10 heteroatoms. The molecular formula is C25H28ClFN4O4. The lowest BCUT2D eigenvalue weighted by Crippen LogP contribution is -2.52. The highest BCUT2D eigenvalue weighted by Crippen LogP contribution is 2.42. The lowest BCUT2D eigenvalue weighted by Gasteiger charge is -2.31. The molecule has 1 amide bonds. The van der Waals surface area contributed by atoms with Gasteiger partial charge in [-0.2, -0.15) is 0 Å². The first-order valence-electron chi connectivity index (χ1n) is 11.1. The Morgan fingerprint density at radius 1 is 1.37 bits per heavy atom. The van der Waals surface area contributed by atoms with Crippen molar-refractivity contribution in [2.75, 3.05) is 25.9 Å². The molecule has 0 saturated heterocycles. The Morgan fingerprint density at radius 2 is 2.11 bits per heavy atom. The Balaban J connectivity index is 1.65. The average molecular weight is 503 g/mol. The van der Waals surface area contributed by atoms with Gasteiger partial charge in [0.1, 0.15) is 17.7 Å². The quantitative estimate of drug-likeness (QED) is 0.501. The molecule has 0 aliphatic carbocycles. The number of halogens is 2. The fourth-order valence-electron chi connectivity index (χ4n) is 4.19. The minimum atomic E-state index is -0.925. The number of aromatic nitrogens is 1. The van der Waals surface area contributed by atoms with Gasteiger partial charge in [-0.3, -0.25) is 4.79 Å². The maximum Gasteiger partial charge on any atom is 0.242 e. The van der Waals surface area contributed by atoms with E-state index < -0.39 is 17.5 Å². The molecule has 1 atom stereocenters. The summed E-state index contributed by atoms with van der Waals surface area (Å²) in [6, 6.07) is 2.72. The van der Waals surface area contributed by atoms with Crippen LogP contribution in [0.3, 0.4) is 0 Å². The number of carbonyl (C=O) groups excluding carboxylic acids is 1. The van der Waals surface area contributed by atoms with Gasteiger partial charge in [-0.1, -0.05) is 17.7 Å². The largest absolute Gasteiger partial charge is 0.496 e. The first-order chi connectivity index (χ1) is 16.5. The molecule has 0 unspecified atom stereocenters. The lowest BCUT2D eigenvalue weighted by molar-refractivity contribution is -0.135. The highest BCUT2D eigenvalue weighted by molar-refractivity contribution is 6.31. The highest BCUT2D eigenvalue weighted by Gasteiger charge is 2.30. The second-order valence-electron chi connectivity index (χ2n) is 9.05. The number of carbonyl (C=O) groups is 1. The van der Waals surface area contributed by atoms with Gasteiger partial charge in [-0.05, 0) is 44.9 Å². The van der Waals surface area contributed by atoms with E-state index in [1.165, 1.54) is 19.2 Å². The van der Waals surface area contributed by atoms with E-state index in [0.717, 1.165) is 11.1 Å². The number of methoxy groups -OCH3 is 1. The molecule has 4 N–H and O–H groups in total. The zero-order valence-corrected chi connectivity index (χ0v) is 20.8. The molecule has 0 spiro atoms. The van der Waals surface area contributed by atoms with Crippen LogP contribution in [0.15, 0.2) is 35.1 Å². The predicted octanol–water partition coefficient (Wildman–Crippen LogP) is 4.70. The van der Waals surface area contributed by atoms with E-state index in [4.69, 9.17) is 37.0 Å². The molecule has 0 radical (unpaired) electrons. The number of furan rings is 1. The van der Waals surface area contributed by atoms with Crippen LogP contribution in [0, 0.1) is 5.82 Å². The number of nitrogens with zero attached hydrogens (tertiary/aromatic N) is 2. The molecule has 1 aromatic carbocycles. The van der Waals surface area contributed by atoms with Crippen molar-refractivity contribution in [2.24, 2.45) is 5.73 Å². The molecule has 186 valence electrons. The standard InChI is InChI=1S/C25H28ClFN4O4/c1-13(19-18(33-4)6-5-17(27)20(19)26)35-22-21-15(11-30-23(22)28)16(12-34-21)14-7-9-31(10-8-14)24(32)25(2,3)29/h5-7,11-13H,8-10,29H2,1-4H3,(H2,28,30)/t13-/m1/s1. The van der Waals surface area contributed by atoms with Crippen LogP contribution in [0.5, 0.6) is 11.5 Å². The van der Waals surface area contributed by atoms with E-state index >= 15 is 0 Å². The summed E-state index contributed by atoms with van der Waals surface area (Å²) in [5.74, 6) is 0.0422. The third-order valence-electron chi connectivity index (χ3n) is 6.01. The number of amides is 1. The molecule has 0 bridgehead atoms. The first-order valence-corrected chi connectivity index (χ1v) is 11.5. The van der Waals surface area contributed by atoms with Crippen LogP contribution in [0.4, 0.5) is 10.2 Å². The Bertz CT molecular complexity index is 1320. The van der Waals surface area contributed by atoms with Gasteiger partial charge < -0.3 is 30.3 Å². The van der Waals surface area contributed by atoms with E-state index in [2.05, 4.69) is 4.98 Å². The summed E-state index contributed by atoms with van der Waals surface area (Å²) in [4.78, 5) is 18.5. The molecule has 4 rings (SSSR count). The number of pyridine rings is 1. The van der Waals surface area contributed by atoms with Crippen molar-refractivity contribution >= 4 is 39.9 Å². The number of nitrogen functional groups attached to an aromatic ring is 1. The molecule has 3 aromatic rings. The van der Waals surface area contributed by atoms with Crippen molar-refractivity contribution in [1.29, 1.82) is 0 Å². The normalized spacial score (nSPS) is 15.2. The molecule has 3 heterocycles. The minimum Gasteiger partial charge on any atom is -0.496 e. The van der Waals surface area contributed by atoms with E-state index in [1.54, 1.807) is 38.1 Å². The van der Waals surface area contributed by atoms with Gasteiger partial charge in [-0.25, -0.2) is 9.37 Å². The summed E-state index contributed by atoms with van der Waals surface area (Å²) in [7, 11) is 1.47. The van der Waals surface area contributed by atoms with E-state index in [1.807, 2.05) is 6.08 Å². The smallest absolute Gasteiger partial charge is 0.242 e. The van der Waals surface area contributed by atoms with Crippen molar-refractivity contribution in [3.05, 3.63) is 52.6 Å². The molecule has 1 aliphatic rings. The zero-order chi connectivity index (χ0) is 25.5. The Hall–Kier alpha value is -3.30. The van der Waals surface area contributed by atoms with Crippen molar-refractivity contribution in [3.8, 4) is 11.5 Å². The van der Waals surface area contributed by atoms with E-state index in [9.17, 15) is 9.18 Å². The maximum atomic E-state index is 14.1. The fourth-order valence-corrected chi connectivity index (χ4v) is 4.50. The van der Waals surface area contributed by atoms with Gasteiger partial charge in [0.25, 0.3) is 0 Å². The lowest BCUT2D eigenvalue weighted by atomic mass is 9.97. The Kier molecular flexibility index (Phi) is 6.66. The van der Waals surface area contributed by atoms with Crippen LogP contribution in [0.25, 0.3) is 16.5 Å². The number of nitrogens with two attached hydrogens (primary N) is 2. The van der Waals surface area contributed by atoms with Crippen molar-refractivity contribution < 1.29 is 23.1 Å². The number of fused-ring (bicyclic) bond motifs is 1. The highest BCUT2D eigenvalue weighted by atomic mass is 35.5. The number of rotatable bonds is 6. The monoisotopic (exact) mass is 502 g/mol. The van der Waals surface area contributed by atoms with Crippen LogP contribution >= 0.6 is 11.6 Å². The first kappa shape index (κ1) is 24.8. The van der Waals surface area contributed by atoms with Crippen molar-refractivity contribution in [3.63, 3.8) is 0 Å². The fraction of sp³-hybridized carbons (Fsp3) is 0.360. The summed E-state index contributed by atoms with van der Waals surface area (Å²) in [5.41, 5.74) is 13.8. The van der Waals surface area contributed by atoms with Crippen LogP contribution in [0.2, 0.25) is 5.02 Å². The van der Waals surface area contributed by atoms with Gasteiger partial charge in [0.2, 0.25) is 11.7 Å². The second kappa shape index (κ2) is 9.39. The molecular weight excluding hydrogens is 475 g/mol. The van der Waals surface area contributed by atoms with Crippen molar-refractivity contribution in [2.45, 2.75) is 38.8 Å². The third kappa shape index (κ3) is 4.66. The summed E-state index contributed by atoms with van der Waals surface area (Å²) < 4.78 is 31.5. The summed E-state index contributed by atoms with van der Waals surface area (Å²) in [5, 5.41) is 0.617. The molecule has 35 heavy (non-hydrogen) atoms. The van der Waals surface area contributed by atoms with Gasteiger partial charge in [0, 0.05) is 24.8 Å². The summed E-state index contributed by atoms with van der Waals surface area (Å²) >= 11 is 6.22. The maximum absolute atomic E-state index is 14.1. The second-order valence-corrected chi connectivity index (χ2v) is 9.43. The molecule has 0 saturated carbocycles. The van der Waals surface area contributed by atoms with E-state index in [0.29, 0.717) is 41.8 Å². The van der Waals surface area contributed by atoms with Crippen LogP contribution in [-0.4, -0.2) is 41.5 Å². The predicted molar refractivity (Wildman–Crippen MR) is 133 cm³/mol. The summed E-state index contributed by atoms with van der Waals surface area (Å²) in [6.07, 6.45) is 5.13. The molecule has 2 aromatic heterocycles. The van der Waals surface area contributed by atoms with Gasteiger partial charge in [0.05, 0.1) is 34.9 Å². The average Bonchev–Trinajstić information content (AvgIpc) is 3.25. The number of hydrogen-bond donors (Lipinski definition) is 2. The molecule has 8 nitrogen and oxygen atoms in total. The number of hydrogen-bond acceptors (Lipinski definition) is 7. The van der Waals surface area contributed by atoms with Crippen LogP contribution in [0.1, 0.15) is 44.4 Å². The van der Waals surface area contributed by atoms with Crippen LogP contribution in [-0.2, 0) is 4.79 Å². The third-order valence-corrected chi connectivity index (χ3v) is 6.39. The van der Waals surface area contributed by atoms with E-state index in [-0.39, 0.29) is 22.5 Å². The number of ether oxygens (including phenoxy) is 2. The minimum absolute atomic E-state index is 0.0946. The summed E-state index contributed by atoms with van der Waals surface area (Å²) in [6.45, 7) is 6.09. The topological polar surface area (TPSA) is 117 Å².